The molecule has 0 amide bonds. The third kappa shape index (κ3) is 3.43. The van der Waals surface area contributed by atoms with Crippen LogP contribution in [0.4, 0.5) is 0 Å². The second-order valence-electron chi connectivity index (χ2n) is 6.03. The van der Waals surface area contributed by atoms with Crippen molar-refractivity contribution in [2.75, 3.05) is 13.3 Å². The van der Waals surface area contributed by atoms with Gasteiger partial charge in [0.1, 0.15) is 9.84 Å². The Morgan fingerprint density at radius 1 is 1.35 bits per heavy atom. The number of hydrogen-bond donors (Lipinski definition) is 1. The highest BCUT2D eigenvalue weighted by Crippen LogP contribution is 2.39. The van der Waals surface area contributed by atoms with Gasteiger partial charge >= 0.3 is 0 Å². The molecular formula is C15H25NO2S2. The first kappa shape index (κ1) is 16.0. The molecular weight excluding hydrogens is 290 g/mol. The number of sulfone groups is 1. The van der Waals surface area contributed by atoms with Crippen LogP contribution in [0.3, 0.4) is 0 Å². The highest BCUT2D eigenvalue weighted by Gasteiger charge is 2.33. The van der Waals surface area contributed by atoms with E-state index in [0.717, 1.165) is 25.7 Å². The Labute approximate surface area is 126 Å². The van der Waals surface area contributed by atoms with Crippen LogP contribution < -0.4 is 5.32 Å². The maximum atomic E-state index is 11.8. The number of hydrogen-bond acceptors (Lipinski definition) is 4. The van der Waals surface area contributed by atoms with E-state index in [2.05, 4.69) is 25.2 Å². The van der Waals surface area contributed by atoms with Crippen molar-refractivity contribution >= 4 is 21.2 Å². The largest absolute Gasteiger partial charge is 0.312 e. The summed E-state index contributed by atoms with van der Waals surface area (Å²) in [5.41, 5.74) is 1.33. The van der Waals surface area contributed by atoms with Crippen LogP contribution in [0.2, 0.25) is 0 Å². The Morgan fingerprint density at radius 3 is 2.55 bits per heavy atom. The molecule has 5 heteroatoms. The summed E-state index contributed by atoms with van der Waals surface area (Å²) < 4.78 is 23.6. The molecule has 1 fully saturated rings. The Bertz CT molecular complexity index is 543. The van der Waals surface area contributed by atoms with Crippen LogP contribution in [-0.4, -0.2) is 27.0 Å². The summed E-state index contributed by atoms with van der Waals surface area (Å²) >= 11 is 1.84. The van der Waals surface area contributed by atoms with Gasteiger partial charge in [0.05, 0.1) is 5.25 Å². The molecule has 0 saturated heterocycles. The molecule has 3 unspecified atom stereocenters. The second kappa shape index (κ2) is 6.16. The summed E-state index contributed by atoms with van der Waals surface area (Å²) in [6, 6.07) is 2.54. The lowest BCUT2D eigenvalue weighted by molar-refractivity contribution is 0.285. The molecule has 20 heavy (non-hydrogen) atoms. The molecule has 2 rings (SSSR count). The Hall–Kier alpha value is -0.390. The summed E-state index contributed by atoms with van der Waals surface area (Å²) in [5.74, 6) is 0.422. The Kier molecular flexibility index (Phi) is 4.92. The van der Waals surface area contributed by atoms with Crippen LogP contribution in [0.25, 0.3) is 0 Å². The third-order valence-electron chi connectivity index (χ3n) is 4.55. The van der Waals surface area contributed by atoms with Gasteiger partial charge in [0.15, 0.2) is 0 Å². The smallest absolute Gasteiger partial charge is 0.150 e. The van der Waals surface area contributed by atoms with Crippen LogP contribution in [0.15, 0.2) is 6.07 Å². The van der Waals surface area contributed by atoms with Gasteiger partial charge in [-0.2, -0.15) is 0 Å². The van der Waals surface area contributed by atoms with Crippen LogP contribution in [0.1, 0.15) is 47.0 Å². The molecule has 1 heterocycles. The molecule has 3 nitrogen and oxygen atoms in total. The van der Waals surface area contributed by atoms with E-state index < -0.39 is 9.84 Å². The van der Waals surface area contributed by atoms with E-state index in [-0.39, 0.29) is 11.3 Å². The SMILES string of the molecule is CNC(c1cc(C)c(C)s1)C1CCCC(S(C)(=O)=O)C1. The average Bonchev–Trinajstić information content (AvgIpc) is 2.69. The monoisotopic (exact) mass is 315 g/mol. The van der Waals surface area contributed by atoms with E-state index in [1.165, 1.54) is 21.6 Å². The van der Waals surface area contributed by atoms with Gasteiger partial charge in [-0.15, -0.1) is 11.3 Å². The van der Waals surface area contributed by atoms with Crippen molar-refractivity contribution in [1.29, 1.82) is 0 Å². The first-order valence-electron chi connectivity index (χ1n) is 7.26. The maximum absolute atomic E-state index is 11.8. The Morgan fingerprint density at radius 2 is 2.05 bits per heavy atom. The zero-order valence-electron chi connectivity index (χ0n) is 12.8. The normalized spacial score (nSPS) is 25.6. The minimum atomic E-state index is -2.91. The van der Waals surface area contributed by atoms with Crippen molar-refractivity contribution in [2.24, 2.45) is 5.92 Å². The molecule has 0 spiro atoms. The molecule has 1 aromatic rings. The first-order valence-corrected chi connectivity index (χ1v) is 10.0. The van der Waals surface area contributed by atoms with E-state index in [1.54, 1.807) is 0 Å². The maximum Gasteiger partial charge on any atom is 0.150 e. The van der Waals surface area contributed by atoms with Crippen molar-refractivity contribution < 1.29 is 8.42 Å². The van der Waals surface area contributed by atoms with Gasteiger partial charge in [-0.25, -0.2) is 8.42 Å². The van der Waals surface area contributed by atoms with E-state index in [9.17, 15) is 8.42 Å². The number of thiophene rings is 1. The lowest BCUT2D eigenvalue weighted by atomic mass is 9.83. The first-order chi connectivity index (χ1) is 9.32. The molecule has 3 atom stereocenters. The molecule has 1 aliphatic rings. The van der Waals surface area contributed by atoms with E-state index in [0.29, 0.717) is 5.92 Å². The summed E-state index contributed by atoms with van der Waals surface area (Å²) in [4.78, 5) is 2.71. The predicted molar refractivity (Wildman–Crippen MR) is 86.2 cm³/mol. The molecule has 1 saturated carbocycles. The zero-order chi connectivity index (χ0) is 14.9. The molecule has 1 aromatic heterocycles. The van der Waals surface area contributed by atoms with Crippen molar-refractivity contribution in [3.05, 3.63) is 21.4 Å². The molecule has 0 aromatic carbocycles. The quantitative estimate of drug-likeness (QED) is 0.928. The highest BCUT2D eigenvalue weighted by molar-refractivity contribution is 7.91. The van der Waals surface area contributed by atoms with Crippen molar-refractivity contribution in [3.8, 4) is 0 Å². The fraction of sp³-hybridized carbons (Fsp3) is 0.733. The summed E-state index contributed by atoms with van der Waals surface area (Å²) in [7, 11) is -0.925. The lowest BCUT2D eigenvalue weighted by Gasteiger charge is -2.33. The zero-order valence-corrected chi connectivity index (χ0v) is 14.4. The second-order valence-corrected chi connectivity index (χ2v) is 9.65. The van der Waals surface area contributed by atoms with Gasteiger partial charge in [-0.1, -0.05) is 6.42 Å². The minimum Gasteiger partial charge on any atom is -0.312 e. The van der Waals surface area contributed by atoms with Crippen molar-refractivity contribution in [3.63, 3.8) is 0 Å². The van der Waals surface area contributed by atoms with Crippen molar-refractivity contribution in [1.82, 2.24) is 5.32 Å². The lowest BCUT2D eigenvalue weighted by Crippen LogP contribution is -2.34. The number of nitrogens with one attached hydrogen (secondary N) is 1. The van der Waals surface area contributed by atoms with E-state index in [4.69, 9.17) is 0 Å². The van der Waals surface area contributed by atoms with Crippen LogP contribution in [-0.2, 0) is 9.84 Å². The fourth-order valence-electron chi connectivity index (χ4n) is 3.24. The van der Waals surface area contributed by atoms with E-state index in [1.807, 2.05) is 18.4 Å². The van der Waals surface area contributed by atoms with Crippen LogP contribution >= 0.6 is 11.3 Å². The predicted octanol–water partition coefficient (Wildman–Crippen LogP) is 3.23. The van der Waals surface area contributed by atoms with Gasteiger partial charge in [0.2, 0.25) is 0 Å². The average molecular weight is 316 g/mol. The van der Waals surface area contributed by atoms with E-state index >= 15 is 0 Å². The van der Waals surface area contributed by atoms with Gasteiger partial charge in [0, 0.05) is 22.1 Å². The molecule has 0 radical (unpaired) electrons. The topological polar surface area (TPSA) is 46.2 Å². The number of aryl methyl sites for hydroxylation is 2. The van der Waals surface area contributed by atoms with Gasteiger partial charge in [-0.05, 0) is 57.7 Å². The highest BCUT2D eigenvalue weighted by atomic mass is 32.2. The minimum absolute atomic E-state index is 0.153. The Balaban J connectivity index is 2.19. The standard InChI is InChI=1S/C15H25NO2S2/c1-10-8-14(19-11(10)2)15(16-3)12-6-5-7-13(9-12)20(4,17)18/h8,12-13,15-16H,5-7,9H2,1-4H3. The number of rotatable bonds is 4. The molecule has 0 aliphatic heterocycles. The van der Waals surface area contributed by atoms with Crippen molar-refractivity contribution in [2.45, 2.75) is 50.8 Å². The molecule has 114 valence electrons. The summed E-state index contributed by atoms with van der Waals surface area (Å²) in [6.45, 7) is 4.29. The molecule has 0 bridgehead atoms. The van der Waals surface area contributed by atoms with Gasteiger partial charge < -0.3 is 5.32 Å². The summed E-state index contributed by atoms with van der Waals surface area (Å²) in [5, 5.41) is 3.26. The molecule has 1 aliphatic carbocycles. The van der Waals surface area contributed by atoms with Crippen LogP contribution in [0.5, 0.6) is 0 Å². The third-order valence-corrected chi connectivity index (χ3v) is 7.42. The molecule has 1 N–H and O–H groups in total. The van der Waals surface area contributed by atoms with Gasteiger partial charge in [0.25, 0.3) is 0 Å². The van der Waals surface area contributed by atoms with Gasteiger partial charge in [-0.3, -0.25) is 0 Å². The summed E-state index contributed by atoms with van der Waals surface area (Å²) in [6.07, 6.45) is 5.14. The fourth-order valence-corrected chi connectivity index (χ4v) is 5.68. The van der Waals surface area contributed by atoms with Crippen LogP contribution in [0, 0.1) is 19.8 Å².